The van der Waals surface area contributed by atoms with Crippen LogP contribution in [0.1, 0.15) is 35.1 Å². The second-order valence-electron chi connectivity index (χ2n) is 12.1. The number of likely N-dealkylation sites (N-methyl/N-ethyl adjacent to an activating group) is 1. The Balaban J connectivity index is 1.62. The number of aliphatic hydroxyl groups excluding tert-OH is 2. The third-order valence-electron chi connectivity index (χ3n) is 9.11. The van der Waals surface area contributed by atoms with Gasteiger partial charge in [-0.15, -0.1) is 0 Å². The molecule has 0 unspecified atom stereocenters. The molecule has 0 bridgehead atoms. The fourth-order valence-electron chi connectivity index (χ4n) is 7.11. The number of hydrogen-bond donors (Lipinski definition) is 5. The van der Waals surface area contributed by atoms with Crippen LogP contribution in [0.4, 0.5) is 10.1 Å². The summed E-state index contributed by atoms with van der Waals surface area (Å²) >= 11 is 0. The summed E-state index contributed by atoms with van der Waals surface area (Å²) < 4.78 is 14.2. The number of halogens is 1. The molecule has 228 valence electrons. The molecule has 2 aromatic carbocycles. The maximum atomic E-state index is 14.2. The fourth-order valence-corrected chi connectivity index (χ4v) is 7.11. The molecule has 1 fully saturated rings. The topological polar surface area (TPSA) is 165 Å². The minimum atomic E-state index is -2.69. The van der Waals surface area contributed by atoms with Crippen LogP contribution < -0.4 is 10.6 Å². The van der Waals surface area contributed by atoms with Crippen LogP contribution in [0.5, 0.6) is 5.75 Å². The van der Waals surface area contributed by atoms with Crippen molar-refractivity contribution in [2.24, 2.45) is 17.6 Å². The molecule has 2 aromatic rings. The number of aliphatic hydroxyl groups is 3. The van der Waals surface area contributed by atoms with Crippen molar-refractivity contribution in [2.45, 2.75) is 43.7 Å². The second-order valence-corrected chi connectivity index (χ2v) is 12.1. The SMILES string of the molecule is CN(C)c1cc(CCCc2ccccc2F)c(O)c2c1C[C@H]1C[C@H]3[C@H](N(C)C)C(=O)C(C(N)=O)=C(O)[C@@]3(O)C(=O)C1=C2O. The van der Waals surface area contributed by atoms with Crippen molar-refractivity contribution in [3.63, 3.8) is 0 Å². The lowest BCUT2D eigenvalue weighted by Gasteiger charge is -2.50. The van der Waals surface area contributed by atoms with Gasteiger partial charge in [-0.3, -0.25) is 19.3 Å². The Kier molecular flexibility index (Phi) is 7.60. The number of phenols is 1. The van der Waals surface area contributed by atoms with Crippen LogP contribution in [0.2, 0.25) is 0 Å². The van der Waals surface area contributed by atoms with Crippen LogP contribution in [0, 0.1) is 17.7 Å². The molecule has 1 amide bonds. The molecule has 3 aliphatic rings. The van der Waals surface area contributed by atoms with Crippen molar-refractivity contribution in [1.29, 1.82) is 0 Å². The largest absolute Gasteiger partial charge is 0.508 e. The zero-order valence-electron chi connectivity index (χ0n) is 24.5. The van der Waals surface area contributed by atoms with Gasteiger partial charge < -0.3 is 31.1 Å². The molecule has 10 nitrogen and oxygen atoms in total. The summed E-state index contributed by atoms with van der Waals surface area (Å²) in [5.74, 6) is -7.13. The van der Waals surface area contributed by atoms with Crippen molar-refractivity contribution in [1.82, 2.24) is 4.90 Å². The van der Waals surface area contributed by atoms with Gasteiger partial charge in [0.05, 0.1) is 11.6 Å². The Morgan fingerprint density at radius 3 is 2.33 bits per heavy atom. The van der Waals surface area contributed by atoms with Gasteiger partial charge in [0.25, 0.3) is 5.91 Å². The predicted octanol–water partition coefficient (Wildman–Crippen LogP) is 2.34. The van der Waals surface area contributed by atoms with E-state index >= 15 is 0 Å². The van der Waals surface area contributed by atoms with Gasteiger partial charge in [0.2, 0.25) is 5.78 Å². The Morgan fingerprint density at radius 2 is 1.72 bits per heavy atom. The number of primary amides is 1. The number of hydrogen-bond acceptors (Lipinski definition) is 9. The van der Waals surface area contributed by atoms with Crippen LogP contribution in [-0.4, -0.2) is 82.6 Å². The molecule has 5 rings (SSSR count). The molecule has 1 saturated carbocycles. The Hall–Kier alpha value is -4.22. The highest BCUT2D eigenvalue weighted by atomic mass is 19.1. The first-order valence-corrected chi connectivity index (χ1v) is 14.1. The van der Waals surface area contributed by atoms with E-state index in [0.717, 1.165) is 0 Å². The van der Waals surface area contributed by atoms with Crippen LogP contribution in [0.15, 0.2) is 47.2 Å². The van der Waals surface area contributed by atoms with E-state index in [1.54, 1.807) is 32.3 Å². The zero-order chi connectivity index (χ0) is 31.5. The smallest absolute Gasteiger partial charge is 0.255 e. The van der Waals surface area contributed by atoms with Gasteiger partial charge in [0, 0.05) is 31.3 Å². The maximum absolute atomic E-state index is 14.2. The molecule has 0 spiro atoms. The number of phenolic OH excluding ortho intramolecular Hbond substituents is 1. The van der Waals surface area contributed by atoms with E-state index in [0.29, 0.717) is 41.6 Å². The van der Waals surface area contributed by atoms with Gasteiger partial charge in [-0.05, 0) is 80.9 Å². The van der Waals surface area contributed by atoms with E-state index in [-0.39, 0.29) is 35.5 Å². The first-order valence-electron chi connectivity index (χ1n) is 14.1. The van der Waals surface area contributed by atoms with Crippen molar-refractivity contribution in [3.05, 3.63) is 75.3 Å². The summed E-state index contributed by atoms with van der Waals surface area (Å²) in [5.41, 5.74) is 4.01. The fraction of sp³-hybridized carbons (Fsp3) is 0.406. The summed E-state index contributed by atoms with van der Waals surface area (Å²) in [5, 5.41) is 45.9. The normalized spacial score (nSPS) is 25.0. The summed E-state index contributed by atoms with van der Waals surface area (Å²) in [6, 6.07) is 7.12. The quantitative estimate of drug-likeness (QED) is 0.303. The van der Waals surface area contributed by atoms with Crippen molar-refractivity contribution < 1.29 is 39.2 Å². The van der Waals surface area contributed by atoms with Crippen LogP contribution in [-0.2, 0) is 33.6 Å². The number of fused-ring (bicyclic) bond motifs is 3. The minimum Gasteiger partial charge on any atom is -0.508 e. The van der Waals surface area contributed by atoms with Gasteiger partial charge in [-0.25, -0.2) is 4.39 Å². The lowest BCUT2D eigenvalue weighted by atomic mass is 9.57. The molecule has 0 aromatic heterocycles. The van der Waals surface area contributed by atoms with E-state index in [2.05, 4.69) is 0 Å². The number of aromatic hydroxyl groups is 1. The number of carbonyl (C=O) groups is 3. The van der Waals surface area contributed by atoms with E-state index in [1.165, 1.54) is 11.0 Å². The number of Topliss-reactive ketones (excluding diaryl/α,β-unsaturated/α-hetero) is 2. The summed E-state index contributed by atoms with van der Waals surface area (Å²) in [6.45, 7) is 0. The number of anilines is 1. The second kappa shape index (κ2) is 10.8. The third-order valence-corrected chi connectivity index (χ3v) is 9.11. The monoisotopic (exact) mass is 593 g/mol. The highest BCUT2D eigenvalue weighted by Gasteiger charge is 2.64. The lowest BCUT2D eigenvalue weighted by molar-refractivity contribution is -0.153. The number of ketones is 2. The molecule has 6 N–H and O–H groups in total. The van der Waals surface area contributed by atoms with Gasteiger partial charge in [-0.1, -0.05) is 18.2 Å². The highest BCUT2D eigenvalue weighted by Crippen LogP contribution is 2.54. The van der Waals surface area contributed by atoms with Gasteiger partial charge in [0.15, 0.2) is 11.4 Å². The van der Waals surface area contributed by atoms with E-state index in [1.807, 2.05) is 25.1 Å². The van der Waals surface area contributed by atoms with E-state index in [9.17, 15) is 39.2 Å². The Bertz CT molecular complexity index is 1610. The number of rotatable bonds is 7. The first kappa shape index (κ1) is 30.2. The average molecular weight is 594 g/mol. The Morgan fingerprint density at radius 1 is 1.07 bits per heavy atom. The third kappa shape index (κ3) is 4.58. The van der Waals surface area contributed by atoms with E-state index < -0.39 is 58.0 Å². The standard InChI is InChI=1S/C32H36FN3O7/c1-35(2)21-14-16(10-7-9-15-8-5-6-11-20(15)33)26(37)23-18(21)12-17-13-19-25(36(3)4)28(39)24(31(34)42)30(41)32(19,43)29(40)22(17)27(23)38/h5-6,8,11,14,17,19,25,37-38,41,43H,7,9-10,12-13H2,1-4H3,(H2,34,42)/t17-,19-,25-,32-/m0/s1. The highest BCUT2D eigenvalue weighted by molar-refractivity contribution is 6.24. The molecule has 43 heavy (non-hydrogen) atoms. The molecule has 0 radical (unpaired) electrons. The summed E-state index contributed by atoms with van der Waals surface area (Å²) in [7, 11) is 6.74. The molecule has 0 aliphatic heterocycles. The summed E-state index contributed by atoms with van der Waals surface area (Å²) in [6.07, 6.45) is 1.48. The van der Waals surface area contributed by atoms with Gasteiger partial charge in [0.1, 0.15) is 28.7 Å². The first-order chi connectivity index (χ1) is 20.2. The molecule has 11 heteroatoms. The number of aryl methyl sites for hydroxylation is 2. The lowest BCUT2D eigenvalue weighted by Crippen LogP contribution is -2.65. The Labute approximate surface area is 248 Å². The van der Waals surface area contributed by atoms with Crippen LogP contribution in [0.3, 0.4) is 0 Å². The van der Waals surface area contributed by atoms with E-state index in [4.69, 9.17) is 5.73 Å². The van der Waals surface area contributed by atoms with Gasteiger partial charge >= 0.3 is 0 Å². The number of benzene rings is 2. The van der Waals surface area contributed by atoms with Crippen molar-refractivity contribution >= 4 is 28.9 Å². The number of nitrogens with zero attached hydrogens (tertiary/aromatic N) is 2. The predicted molar refractivity (Wildman–Crippen MR) is 157 cm³/mol. The molecular weight excluding hydrogens is 557 g/mol. The molecule has 3 aliphatic carbocycles. The van der Waals surface area contributed by atoms with Gasteiger partial charge in [-0.2, -0.15) is 0 Å². The van der Waals surface area contributed by atoms with Crippen molar-refractivity contribution in [2.75, 3.05) is 33.1 Å². The van der Waals surface area contributed by atoms with Crippen LogP contribution in [0.25, 0.3) is 5.76 Å². The number of amides is 1. The minimum absolute atomic E-state index is 0.0176. The number of carbonyl (C=O) groups excluding carboxylic acids is 3. The van der Waals surface area contributed by atoms with Crippen LogP contribution >= 0.6 is 0 Å². The molecule has 0 heterocycles. The summed E-state index contributed by atoms with van der Waals surface area (Å²) in [4.78, 5) is 42.8. The maximum Gasteiger partial charge on any atom is 0.255 e. The molecule has 4 atom stereocenters. The van der Waals surface area contributed by atoms with Crippen molar-refractivity contribution in [3.8, 4) is 5.75 Å². The molecular formula is C32H36FN3O7. The number of nitrogens with two attached hydrogens (primary N) is 1. The zero-order valence-corrected chi connectivity index (χ0v) is 24.5. The molecule has 0 saturated heterocycles. The average Bonchev–Trinajstić information content (AvgIpc) is 2.92.